The Bertz CT molecular complexity index is 322. The molecule has 0 aliphatic heterocycles. The van der Waals surface area contributed by atoms with Crippen molar-refractivity contribution in [1.82, 2.24) is 0 Å². The van der Waals surface area contributed by atoms with Crippen LogP contribution in [0.25, 0.3) is 0 Å². The standard InChI is InChI=1S/C11H19Br3O3Si/c1-10(2)7(8(10)16-6-15)9(11(12,13)14)17-18(3,4)5/h6-9H,1-5H3. The van der Waals surface area contributed by atoms with Gasteiger partial charge in [-0.15, -0.1) is 0 Å². The van der Waals surface area contributed by atoms with Gasteiger partial charge in [-0.05, 0) is 19.6 Å². The average molecular weight is 467 g/mol. The molecular weight excluding hydrogens is 448 g/mol. The molecule has 1 aliphatic rings. The predicted octanol–water partition coefficient (Wildman–Crippen LogP) is 4.24. The SMILES string of the molecule is CC1(C)C(OC=O)C1C(O[Si](C)(C)C)C(Br)(Br)Br. The van der Waals surface area contributed by atoms with Crippen molar-refractivity contribution in [3.63, 3.8) is 0 Å². The highest BCUT2D eigenvalue weighted by atomic mass is 80.0. The van der Waals surface area contributed by atoms with Crippen molar-refractivity contribution in [2.75, 3.05) is 0 Å². The third kappa shape index (κ3) is 4.04. The van der Waals surface area contributed by atoms with Crippen molar-refractivity contribution in [1.29, 1.82) is 0 Å². The van der Waals surface area contributed by atoms with Crippen molar-refractivity contribution >= 4 is 62.6 Å². The van der Waals surface area contributed by atoms with Crippen LogP contribution in [-0.2, 0) is 14.0 Å². The van der Waals surface area contributed by atoms with E-state index in [0.29, 0.717) is 6.47 Å². The molecule has 1 aliphatic carbocycles. The summed E-state index contributed by atoms with van der Waals surface area (Å²) >= 11 is 10.7. The van der Waals surface area contributed by atoms with Crippen molar-refractivity contribution in [2.45, 2.75) is 47.8 Å². The molecule has 0 spiro atoms. The van der Waals surface area contributed by atoms with Crippen LogP contribution in [-0.4, -0.2) is 29.1 Å². The fourth-order valence-corrected chi connectivity index (χ4v) is 4.96. The molecular formula is C11H19Br3O3Si. The maximum atomic E-state index is 10.6. The molecule has 3 unspecified atom stereocenters. The van der Waals surface area contributed by atoms with Gasteiger partial charge in [-0.1, -0.05) is 61.6 Å². The maximum absolute atomic E-state index is 10.6. The average Bonchev–Trinajstić information content (AvgIpc) is 2.62. The lowest BCUT2D eigenvalue weighted by Crippen LogP contribution is -2.41. The normalized spacial score (nSPS) is 28.7. The first-order chi connectivity index (χ1) is 7.91. The number of carbonyl (C=O) groups is 1. The molecule has 0 heterocycles. The van der Waals surface area contributed by atoms with Crippen LogP contribution in [0.5, 0.6) is 0 Å². The molecule has 0 bridgehead atoms. The van der Waals surface area contributed by atoms with E-state index in [9.17, 15) is 4.79 Å². The van der Waals surface area contributed by atoms with E-state index in [1.54, 1.807) is 0 Å². The Hall–Kier alpha value is 1.09. The minimum atomic E-state index is -1.70. The summed E-state index contributed by atoms with van der Waals surface area (Å²) in [6.45, 7) is 11.1. The molecule has 1 saturated carbocycles. The van der Waals surface area contributed by atoms with Crippen LogP contribution in [0.1, 0.15) is 13.8 Å². The van der Waals surface area contributed by atoms with E-state index in [0.717, 1.165) is 0 Å². The highest BCUT2D eigenvalue weighted by molar-refractivity contribution is 9.39. The summed E-state index contributed by atoms with van der Waals surface area (Å²) in [5.41, 5.74) is -0.0637. The Labute approximate surface area is 135 Å². The summed E-state index contributed by atoms with van der Waals surface area (Å²) in [5, 5.41) is 0. The van der Waals surface area contributed by atoms with Gasteiger partial charge in [-0.25, -0.2) is 0 Å². The monoisotopic (exact) mass is 464 g/mol. The minimum Gasteiger partial charge on any atom is -0.464 e. The van der Waals surface area contributed by atoms with E-state index in [2.05, 4.69) is 81.3 Å². The molecule has 0 aromatic heterocycles. The Morgan fingerprint density at radius 1 is 1.28 bits per heavy atom. The number of rotatable bonds is 5. The van der Waals surface area contributed by atoms with E-state index < -0.39 is 10.5 Å². The van der Waals surface area contributed by atoms with Crippen LogP contribution in [0.3, 0.4) is 0 Å². The quantitative estimate of drug-likeness (QED) is 0.345. The van der Waals surface area contributed by atoms with Crippen LogP contribution in [0.15, 0.2) is 0 Å². The molecule has 1 fully saturated rings. The van der Waals surface area contributed by atoms with E-state index >= 15 is 0 Å². The highest BCUT2D eigenvalue weighted by Gasteiger charge is 2.67. The molecule has 3 nitrogen and oxygen atoms in total. The fourth-order valence-electron chi connectivity index (χ4n) is 2.22. The Morgan fingerprint density at radius 2 is 1.78 bits per heavy atom. The van der Waals surface area contributed by atoms with Gasteiger partial charge in [-0.2, -0.15) is 0 Å². The van der Waals surface area contributed by atoms with Gasteiger partial charge in [0.15, 0.2) is 10.5 Å². The van der Waals surface area contributed by atoms with Gasteiger partial charge in [0.2, 0.25) is 0 Å². The van der Waals surface area contributed by atoms with Crippen LogP contribution in [0.2, 0.25) is 19.6 Å². The molecule has 7 heteroatoms. The molecule has 0 radical (unpaired) electrons. The van der Waals surface area contributed by atoms with Gasteiger partial charge < -0.3 is 9.16 Å². The third-order valence-electron chi connectivity index (χ3n) is 3.14. The Balaban J connectivity index is 2.90. The number of ether oxygens (including phenoxy) is 1. The molecule has 3 atom stereocenters. The number of hydrogen-bond acceptors (Lipinski definition) is 3. The molecule has 0 N–H and O–H groups in total. The van der Waals surface area contributed by atoms with Crippen molar-refractivity contribution in [2.24, 2.45) is 11.3 Å². The second-order valence-electron chi connectivity index (χ2n) is 6.19. The summed E-state index contributed by atoms with van der Waals surface area (Å²) in [5.74, 6) is 0.160. The predicted molar refractivity (Wildman–Crippen MR) is 85.9 cm³/mol. The van der Waals surface area contributed by atoms with Crippen LogP contribution in [0.4, 0.5) is 0 Å². The van der Waals surface area contributed by atoms with Gasteiger partial charge in [0, 0.05) is 11.3 Å². The van der Waals surface area contributed by atoms with Crippen molar-refractivity contribution in [3.8, 4) is 0 Å². The Kier molecular flexibility index (Phi) is 5.20. The minimum absolute atomic E-state index is 0.0637. The maximum Gasteiger partial charge on any atom is 0.293 e. The van der Waals surface area contributed by atoms with Gasteiger partial charge in [-0.3, -0.25) is 4.79 Å². The fraction of sp³-hybridized carbons (Fsp3) is 0.909. The second kappa shape index (κ2) is 5.46. The summed E-state index contributed by atoms with van der Waals surface area (Å²) in [6.07, 6.45) is -0.201. The zero-order chi connectivity index (χ0) is 14.4. The van der Waals surface area contributed by atoms with Crippen LogP contribution < -0.4 is 0 Å². The molecule has 0 amide bonds. The number of carbonyl (C=O) groups excluding carboxylic acids is 1. The molecule has 0 aromatic rings. The van der Waals surface area contributed by atoms with Gasteiger partial charge in [0.1, 0.15) is 6.10 Å². The highest BCUT2D eigenvalue weighted by Crippen LogP contribution is 2.61. The molecule has 0 aromatic carbocycles. The van der Waals surface area contributed by atoms with Gasteiger partial charge in [0.25, 0.3) is 6.47 Å². The first kappa shape index (κ1) is 17.1. The van der Waals surface area contributed by atoms with E-state index in [1.165, 1.54) is 0 Å². The molecule has 0 saturated heterocycles. The number of hydrogen-bond donors (Lipinski definition) is 0. The smallest absolute Gasteiger partial charge is 0.293 e. The van der Waals surface area contributed by atoms with Crippen LogP contribution >= 0.6 is 47.8 Å². The Morgan fingerprint density at radius 3 is 2.11 bits per heavy atom. The number of alkyl halides is 3. The van der Waals surface area contributed by atoms with E-state index in [4.69, 9.17) is 9.16 Å². The topological polar surface area (TPSA) is 35.5 Å². The summed E-state index contributed by atoms with van der Waals surface area (Å²) in [6, 6.07) is 0. The van der Waals surface area contributed by atoms with Crippen LogP contribution in [0, 0.1) is 11.3 Å². The number of halogens is 3. The van der Waals surface area contributed by atoms with Crippen molar-refractivity contribution in [3.05, 3.63) is 0 Å². The summed E-state index contributed by atoms with van der Waals surface area (Å²) in [4.78, 5) is 10.6. The molecule has 106 valence electrons. The lowest BCUT2D eigenvalue weighted by atomic mass is 10.1. The summed E-state index contributed by atoms with van der Waals surface area (Å²) in [7, 11) is -1.70. The summed E-state index contributed by atoms with van der Waals surface area (Å²) < 4.78 is 10.9. The van der Waals surface area contributed by atoms with Crippen molar-refractivity contribution < 1.29 is 14.0 Å². The molecule has 1 rings (SSSR count). The zero-order valence-electron chi connectivity index (χ0n) is 11.2. The lowest BCUT2D eigenvalue weighted by Gasteiger charge is -2.33. The largest absolute Gasteiger partial charge is 0.464 e. The van der Waals surface area contributed by atoms with Gasteiger partial charge >= 0.3 is 0 Å². The first-order valence-electron chi connectivity index (χ1n) is 5.75. The zero-order valence-corrected chi connectivity index (χ0v) is 16.9. The third-order valence-corrected chi connectivity index (χ3v) is 5.46. The lowest BCUT2D eigenvalue weighted by molar-refractivity contribution is -0.131. The van der Waals surface area contributed by atoms with Gasteiger partial charge in [0.05, 0.1) is 6.10 Å². The second-order valence-corrected chi connectivity index (χ2v) is 17.6. The van der Waals surface area contributed by atoms with E-state index in [-0.39, 0.29) is 23.5 Å². The van der Waals surface area contributed by atoms with E-state index in [1.807, 2.05) is 0 Å². The first-order valence-corrected chi connectivity index (χ1v) is 11.5. The molecule has 18 heavy (non-hydrogen) atoms.